The molecule has 1 unspecified atom stereocenters. The zero-order valence-corrected chi connectivity index (χ0v) is 18.1. The molecule has 2 heterocycles. The van der Waals surface area contributed by atoms with Gasteiger partial charge in [0.2, 0.25) is 0 Å². The number of piperazine rings is 1. The van der Waals surface area contributed by atoms with Crippen molar-refractivity contribution in [2.45, 2.75) is 6.04 Å². The molecule has 5 rings (SSSR count). The molecule has 4 aromatic rings. The van der Waals surface area contributed by atoms with Crippen molar-refractivity contribution in [2.24, 2.45) is 0 Å². The summed E-state index contributed by atoms with van der Waals surface area (Å²) in [6, 6.07) is 21.2. The quantitative estimate of drug-likeness (QED) is 0.523. The number of ether oxygens (including phenoxy) is 2. The maximum Gasteiger partial charge on any atom is 0.161 e. The molecule has 160 valence electrons. The number of hydrogen-bond donors (Lipinski definition) is 1. The summed E-state index contributed by atoms with van der Waals surface area (Å²) >= 11 is 0. The molecule has 0 radical (unpaired) electrons. The Balaban J connectivity index is 1.59. The summed E-state index contributed by atoms with van der Waals surface area (Å²) in [6.45, 7) is 2.43. The minimum atomic E-state index is 0.169. The van der Waals surface area contributed by atoms with E-state index in [1.807, 2.05) is 12.1 Å². The van der Waals surface area contributed by atoms with Crippen LogP contribution in [-0.4, -0.2) is 38.8 Å². The number of nitriles is 1. The van der Waals surface area contributed by atoms with Crippen molar-refractivity contribution >= 4 is 27.4 Å². The summed E-state index contributed by atoms with van der Waals surface area (Å²) in [7, 11) is 3.22. The van der Waals surface area contributed by atoms with Crippen molar-refractivity contribution < 1.29 is 9.47 Å². The van der Waals surface area contributed by atoms with Gasteiger partial charge in [-0.1, -0.05) is 42.5 Å². The Morgan fingerprint density at radius 3 is 2.53 bits per heavy atom. The van der Waals surface area contributed by atoms with Crippen molar-refractivity contribution in [3.05, 3.63) is 71.9 Å². The summed E-state index contributed by atoms with van der Waals surface area (Å²) in [5.74, 6) is 2.08. The average Bonchev–Trinajstić information content (AvgIpc) is 2.86. The van der Waals surface area contributed by atoms with E-state index in [2.05, 4.69) is 58.8 Å². The summed E-state index contributed by atoms with van der Waals surface area (Å²) < 4.78 is 11.0. The Morgan fingerprint density at radius 1 is 1.00 bits per heavy atom. The van der Waals surface area contributed by atoms with Crippen molar-refractivity contribution in [2.75, 3.05) is 38.8 Å². The minimum Gasteiger partial charge on any atom is -0.493 e. The van der Waals surface area contributed by atoms with Gasteiger partial charge in [-0.2, -0.15) is 5.26 Å². The SMILES string of the molecule is COc1cc2c(C#N)cnc(N3CCNC(c4cccc5ccccc45)C3)c2cc1OC. The molecule has 1 aliphatic heterocycles. The number of pyridine rings is 1. The van der Waals surface area contributed by atoms with Gasteiger partial charge in [0, 0.05) is 36.6 Å². The lowest BCUT2D eigenvalue weighted by Crippen LogP contribution is -2.46. The molecule has 0 spiro atoms. The van der Waals surface area contributed by atoms with E-state index in [0.717, 1.165) is 36.2 Å². The number of methoxy groups -OCH3 is 2. The van der Waals surface area contributed by atoms with Crippen LogP contribution in [0.4, 0.5) is 5.82 Å². The highest BCUT2D eigenvalue weighted by molar-refractivity contribution is 5.98. The van der Waals surface area contributed by atoms with Gasteiger partial charge < -0.3 is 19.7 Å². The van der Waals surface area contributed by atoms with Crippen molar-refractivity contribution in [1.82, 2.24) is 10.3 Å². The van der Waals surface area contributed by atoms with Gasteiger partial charge in [-0.25, -0.2) is 4.98 Å². The van der Waals surface area contributed by atoms with Crippen molar-refractivity contribution in [3.63, 3.8) is 0 Å². The van der Waals surface area contributed by atoms with E-state index in [1.54, 1.807) is 20.4 Å². The van der Waals surface area contributed by atoms with Crippen molar-refractivity contribution in [3.8, 4) is 17.6 Å². The zero-order chi connectivity index (χ0) is 22.1. The van der Waals surface area contributed by atoms with Crippen LogP contribution in [0.3, 0.4) is 0 Å². The highest BCUT2D eigenvalue weighted by Gasteiger charge is 2.25. The second kappa shape index (κ2) is 8.37. The third kappa shape index (κ3) is 3.37. The second-order valence-electron chi connectivity index (χ2n) is 7.88. The molecule has 3 aromatic carbocycles. The maximum atomic E-state index is 9.63. The molecule has 1 saturated heterocycles. The average molecular weight is 425 g/mol. The lowest BCUT2D eigenvalue weighted by Gasteiger charge is -2.36. The molecule has 0 aliphatic carbocycles. The molecule has 0 bridgehead atoms. The van der Waals surface area contributed by atoms with E-state index in [1.165, 1.54) is 16.3 Å². The van der Waals surface area contributed by atoms with E-state index in [4.69, 9.17) is 14.5 Å². The molecule has 32 heavy (non-hydrogen) atoms. The minimum absolute atomic E-state index is 0.169. The Morgan fingerprint density at radius 2 is 1.75 bits per heavy atom. The van der Waals surface area contributed by atoms with Gasteiger partial charge in [0.05, 0.1) is 25.8 Å². The van der Waals surface area contributed by atoms with Crippen LogP contribution in [0.2, 0.25) is 0 Å². The summed E-state index contributed by atoms with van der Waals surface area (Å²) in [5, 5.41) is 17.5. The highest BCUT2D eigenvalue weighted by atomic mass is 16.5. The Bertz CT molecular complexity index is 1340. The van der Waals surface area contributed by atoms with Crippen molar-refractivity contribution in [1.29, 1.82) is 5.26 Å². The largest absolute Gasteiger partial charge is 0.493 e. The lowest BCUT2D eigenvalue weighted by molar-refractivity contribution is 0.356. The fourth-order valence-corrected chi connectivity index (χ4v) is 4.60. The highest BCUT2D eigenvalue weighted by Crippen LogP contribution is 2.38. The Hall–Kier alpha value is -3.82. The second-order valence-corrected chi connectivity index (χ2v) is 7.88. The van der Waals surface area contributed by atoms with Crippen LogP contribution in [0.5, 0.6) is 11.5 Å². The number of rotatable bonds is 4. The van der Waals surface area contributed by atoms with Gasteiger partial charge in [0.25, 0.3) is 0 Å². The first-order valence-electron chi connectivity index (χ1n) is 10.6. The molecule has 1 fully saturated rings. The molecule has 0 amide bonds. The molecule has 1 atom stereocenters. The molecular weight excluding hydrogens is 400 g/mol. The molecule has 1 aliphatic rings. The van der Waals surface area contributed by atoms with Gasteiger partial charge in [-0.3, -0.25) is 0 Å². The van der Waals surface area contributed by atoms with Gasteiger partial charge in [-0.05, 0) is 28.5 Å². The van der Waals surface area contributed by atoms with E-state index in [-0.39, 0.29) is 6.04 Å². The smallest absolute Gasteiger partial charge is 0.161 e. The molecule has 6 nitrogen and oxygen atoms in total. The topological polar surface area (TPSA) is 70.4 Å². The lowest BCUT2D eigenvalue weighted by atomic mass is 9.97. The van der Waals surface area contributed by atoms with Gasteiger partial charge in [0.15, 0.2) is 11.5 Å². The standard InChI is InChI=1S/C26H24N4O2/c1-31-24-12-21-18(14-27)15-29-26(22(21)13-25(24)32-2)30-11-10-28-23(16-30)20-9-5-7-17-6-3-4-8-19(17)20/h3-9,12-13,15,23,28H,10-11,16H2,1-2H3. The number of nitrogens with zero attached hydrogens (tertiary/aromatic N) is 3. The van der Waals surface area contributed by atoms with Crippen LogP contribution in [0, 0.1) is 11.3 Å². The summed E-state index contributed by atoms with van der Waals surface area (Å²) in [6.07, 6.45) is 1.65. The normalized spacial score (nSPS) is 16.2. The van der Waals surface area contributed by atoms with E-state index in [9.17, 15) is 5.26 Å². The molecule has 6 heteroatoms. The Labute approximate surface area is 187 Å². The van der Waals surface area contributed by atoms with Gasteiger partial charge in [-0.15, -0.1) is 0 Å². The van der Waals surface area contributed by atoms with E-state index < -0.39 is 0 Å². The first kappa shape index (κ1) is 20.1. The first-order chi connectivity index (χ1) is 15.7. The van der Waals surface area contributed by atoms with Crippen LogP contribution in [-0.2, 0) is 0 Å². The van der Waals surface area contributed by atoms with Crippen LogP contribution < -0.4 is 19.7 Å². The summed E-state index contributed by atoms with van der Waals surface area (Å²) in [5.41, 5.74) is 1.80. The van der Waals surface area contributed by atoms with Crippen LogP contribution in [0.15, 0.2) is 60.8 Å². The number of anilines is 1. The number of aromatic nitrogens is 1. The third-order valence-corrected chi connectivity index (χ3v) is 6.16. The number of fused-ring (bicyclic) bond motifs is 2. The third-order valence-electron chi connectivity index (χ3n) is 6.16. The predicted octanol–water partition coefficient (Wildman–Crippen LogP) is 4.43. The van der Waals surface area contributed by atoms with E-state index in [0.29, 0.717) is 17.1 Å². The fraction of sp³-hybridized carbons (Fsp3) is 0.231. The van der Waals surface area contributed by atoms with Crippen LogP contribution in [0.1, 0.15) is 17.2 Å². The number of nitrogens with one attached hydrogen (secondary N) is 1. The summed E-state index contributed by atoms with van der Waals surface area (Å²) in [4.78, 5) is 6.99. The number of benzene rings is 3. The zero-order valence-electron chi connectivity index (χ0n) is 18.1. The Kier molecular flexibility index (Phi) is 5.26. The molecular formula is C26H24N4O2. The van der Waals surface area contributed by atoms with Gasteiger partial charge >= 0.3 is 0 Å². The van der Waals surface area contributed by atoms with Gasteiger partial charge in [0.1, 0.15) is 11.9 Å². The molecule has 0 saturated carbocycles. The van der Waals surface area contributed by atoms with Crippen LogP contribution in [0.25, 0.3) is 21.5 Å². The fourth-order valence-electron chi connectivity index (χ4n) is 4.60. The predicted molar refractivity (Wildman–Crippen MR) is 126 cm³/mol. The molecule has 1 aromatic heterocycles. The maximum absolute atomic E-state index is 9.63. The molecule has 1 N–H and O–H groups in total. The monoisotopic (exact) mass is 424 g/mol. The van der Waals surface area contributed by atoms with E-state index >= 15 is 0 Å². The first-order valence-corrected chi connectivity index (χ1v) is 10.6. The number of hydrogen-bond acceptors (Lipinski definition) is 6. The van der Waals surface area contributed by atoms with Crippen LogP contribution >= 0.6 is 0 Å².